The fourth-order valence-corrected chi connectivity index (χ4v) is 3.65. The Morgan fingerprint density at radius 3 is 2.73 bits per heavy atom. The number of carbonyl (C=O) groups is 3. The summed E-state index contributed by atoms with van der Waals surface area (Å²) in [5, 5.41) is -0.404. The van der Waals surface area contributed by atoms with Gasteiger partial charge in [-0.05, 0) is 58.1 Å². The molecule has 0 spiro atoms. The molecule has 1 saturated heterocycles. The zero-order chi connectivity index (χ0) is 19.3. The summed E-state index contributed by atoms with van der Waals surface area (Å²) in [5.74, 6) is 2.10. The van der Waals surface area contributed by atoms with Crippen molar-refractivity contribution in [3.63, 3.8) is 0 Å². The van der Waals surface area contributed by atoms with E-state index in [2.05, 4.69) is 10.7 Å². The highest BCUT2D eigenvalue weighted by Gasteiger charge is 2.34. The lowest BCUT2D eigenvalue weighted by Gasteiger charge is -2.13. The van der Waals surface area contributed by atoms with Gasteiger partial charge in [0.1, 0.15) is 0 Å². The van der Waals surface area contributed by atoms with Crippen LogP contribution in [0.2, 0.25) is 0 Å². The van der Waals surface area contributed by atoms with Crippen LogP contribution in [0.15, 0.2) is 17.0 Å². The quantitative estimate of drug-likeness (QED) is 0.264. The fraction of sp³-hybridized carbons (Fsp3) is 0.235. The third-order valence-electron chi connectivity index (χ3n) is 3.23. The van der Waals surface area contributed by atoms with Gasteiger partial charge < -0.3 is 14.2 Å². The number of terminal acetylenes is 1. The average Bonchev–Trinajstić information content (AvgIpc) is 2.87. The predicted molar refractivity (Wildman–Crippen MR) is 105 cm³/mol. The third kappa shape index (κ3) is 4.50. The summed E-state index contributed by atoms with van der Waals surface area (Å²) in [6.45, 7) is -0.323. The molecule has 136 valence electrons. The fourth-order valence-electron chi connectivity index (χ4n) is 2.03. The zero-order valence-corrected chi connectivity index (χ0v) is 16.9. The molecule has 0 aromatic heterocycles. The van der Waals surface area contributed by atoms with Crippen molar-refractivity contribution in [2.75, 3.05) is 27.4 Å². The minimum Gasteiger partial charge on any atom is -0.493 e. The van der Waals surface area contributed by atoms with E-state index in [-0.39, 0.29) is 18.1 Å². The summed E-state index contributed by atoms with van der Waals surface area (Å²) >= 11 is 2.85. The molecule has 1 aliphatic rings. The van der Waals surface area contributed by atoms with Gasteiger partial charge in [-0.2, -0.15) is 0 Å². The molecule has 1 aromatic carbocycles. The normalized spacial score (nSPS) is 15.2. The average molecular weight is 487 g/mol. The minimum absolute atomic E-state index is 0.0663. The number of ether oxygens (including phenoxy) is 3. The molecule has 1 aliphatic heterocycles. The van der Waals surface area contributed by atoms with Crippen LogP contribution in [0.1, 0.15) is 5.56 Å². The molecule has 2 rings (SSSR count). The molecule has 1 fully saturated rings. The van der Waals surface area contributed by atoms with Crippen LogP contribution in [-0.4, -0.2) is 49.4 Å². The Morgan fingerprint density at radius 1 is 1.38 bits per heavy atom. The van der Waals surface area contributed by atoms with Gasteiger partial charge in [0.25, 0.3) is 11.1 Å². The number of hydrogen-bond donors (Lipinski definition) is 0. The number of thioether (sulfide) groups is 1. The van der Waals surface area contributed by atoms with Crippen molar-refractivity contribution in [1.82, 2.24) is 4.90 Å². The summed E-state index contributed by atoms with van der Waals surface area (Å²) in [5.41, 5.74) is 0.642. The van der Waals surface area contributed by atoms with Crippen LogP contribution in [0.3, 0.4) is 0 Å². The Hall–Kier alpha value is -2.19. The van der Waals surface area contributed by atoms with E-state index < -0.39 is 17.1 Å². The second-order valence-electron chi connectivity index (χ2n) is 4.87. The number of halogens is 1. The first-order valence-electron chi connectivity index (χ1n) is 7.17. The second kappa shape index (κ2) is 8.95. The van der Waals surface area contributed by atoms with E-state index >= 15 is 0 Å². The lowest BCUT2D eigenvalue weighted by Crippen LogP contribution is -2.28. The van der Waals surface area contributed by atoms with Gasteiger partial charge in [0.15, 0.2) is 18.1 Å². The molecule has 0 unspecified atom stereocenters. The van der Waals surface area contributed by atoms with Crippen molar-refractivity contribution in [2.24, 2.45) is 0 Å². The molecule has 9 heteroatoms. The molecule has 1 aromatic rings. The number of amides is 2. The molecule has 0 saturated carbocycles. The summed E-state index contributed by atoms with van der Waals surface area (Å²) in [6, 6.07) is 3.38. The first-order chi connectivity index (χ1) is 12.4. The van der Waals surface area contributed by atoms with Crippen molar-refractivity contribution < 1.29 is 28.6 Å². The van der Waals surface area contributed by atoms with Crippen LogP contribution in [0.4, 0.5) is 4.79 Å². The van der Waals surface area contributed by atoms with Crippen molar-refractivity contribution in [1.29, 1.82) is 0 Å². The monoisotopic (exact) mass is 487 g/mol. The maximum absolute atomic E-state index is 12.2. The Bertz CT molecular complexity index is 829. The van der Waals surface area contributed by atoms with Crippen LogP contribution < -0.4 is 9.47 Å². The molecule has 0 radical (unpaired) electrons. The number of rotatable bonds is 6. The van der Waals surface area contributed by atoms with Crippen molar-refractivity contribution >= 4 is 57.5 Å². The molecule has 1 heterocycles. The van der Waals surface area contributed by atoms with Gasteiger partial charge in [0.05, 0.1) is 29.2 Å². The van der Waals surface area contributed by atoms with Gasteiger partial charge in [-0.3, -0.25) is 14.5 Å². The predicted octanol–water partition coefficient (Wildman–Crippen LogP) is 2.52. The van der Waals surface area contributed by atoms with Gasteiger partial charge in [-0.15, -0.1) is 6.42 Å². The number of nitrogens with zero attached hydrogens (tertiary/aromatic N) is 1. The summed E-state index contributed by atoms with van der Waals surface area (Å²) in [7, 11) is 2.73. The third-order valence-corrected chi connectivity index (χ3v) is 4.94. The number of imide groups is 1. The van der Waals surface area contributed by atoms with Gasteiger partial charge in [0, 0.05) is 0 Å². The Morgan fingerprint density at radius 2 is 2.12 bits per heavy atom. The molecule has 7 nitrogen and oxygen atoms in total. The van der Waals surface area contributed by atoms with Crippen molar-refractivity contribution in [3.8, 4) is 23.8 Å². The molecule has 0 bridgehead atoms. The van der Waals surface area contributed by atoms with Gasteiger partial charge >= 0.3 is 5.97 Å². The van der Waals surface area contributed by atoms with Gasteiger partial charge in [-0.25, -0.2) is 4.79 Å². The molecule has 26 heavy (non-hydrogen) atoms. The van der Waals surface area contributed by atoms with E-state index in [0.717, 1.165) is 16.7 Å². The van der Waals surface area contributed by atoms with E-state index in [1.807, 2.05) is 22.6 Å². The second-order valence-corrected chi connectivity index (χ2v) is 7.03. The van der Waals surface area contributed by atoms with E-state index in [4.69, 9.17) is 15.9 Å². The van der Waals surface area contributed by atoms with Crippen LogP contribution >= 0.6 is 34.4 Å². The largest absolute Gasteiger partial charge is 0.493 e. The summed E-state index contributed by atoms with van der Waals surface area (Å²) in [6.07, 6.45) is 6.76. The smallest absolute Gasteiger partial charge is 0.343 e. The number of esters is 1. The standard InChI is InChI=1S/C17H14INO6S/c1-4-5-19-16(21)13(26-17(19)22)8-10-6-11(18)15(12(7-10)23-2)25-9-14(20)24-3/h1,6-8H,5,9H2,2-3H3/b13-8+. The van der Waals surface area contributed by atoms with E-state index in [1.54, 1.807) is 18.2 Å². The molecule has 2 amide bonds. The molecule has 0 atom stereocenters. The highest BCUT2D eigenvalue weighted by atomic mass is 127. The van der Waals surface area contributed by atoms with Crippen LogP contribution in [0.5, 0.6) is 11.5 Å². The number of carbonyl (C=O) groups excluding carboxylic acids is 3. The molecular weight excluding hydrogens is 473 g/mol. The lowest BCUT2D eigenvalue weighted by atomic mass is 10.2. The van der Waals surface area contributed by atoms with E-state index in [9.17, 15) is 14.4 Å². The Kier molecular flexibility index (Phi) is 6.93. The highest BCUT2D eigenvalue weighted by Crippen LogP contribution is 2.37. The van der Waals surface area contributed by atoms with E-state index in [0.29, 0.717) is 20.6 Å². The SMILES string of the molecule is C#CCN1C(=O)S/C(=C/c2cc(I)c(OCC(=O)OC)c(OC)c2)C1=O. The Labute approximate surface area is 168 Å². The lowest BCUT2D eigenvalue weighted by molar-refractivity contribution is -0.143. The minimum atomic E-state index is -0.519. The van der Waals surface area contributed by atoms with Crippen LogP contribution in [0, 0.1) is 15.9 Å². The van der Waals surface area contributed by atoms with Crippen LogP contribution in [0.25, 0.3) is 6.08 Å². The number of hydrogen-bond acceptors (Lipinski definition) is 7. The van der Waals surface area contributed by atoms with Crippen molar-refractivity contribution in [2.45, 2.75) is 0 Å². The Balaban J connectivity index is 2.30. The van der Waals surface area contributed by atoms with Gasteiger partial charge in [-0.1, -0.05) is 5.92 Å². The van der Waals surface area contributed by atoms with Crippen molar-refractivity contribution in [3.05, 3.63) is 26.2 Å². The first-order valence-corrected chi connectivity index (χ1v) is 9.06. The molecular formula is C17H14INO6S. The number of benzene rings is 1. The highest BCUT2D eigenvalue weighted by molar-refractivity contribution is 14.1. The molecule has 0 aliphatic carbocycles. The van der Waals surface area contributed by atoms with Gasteiger partial charge in [0.2, 0.25) is 0 Å². The van der Waals surface area contributed by atoms with E-state index in [1.165, 1.54) is 14.2 Å². The maximum Gasteiger partial charge on any atom is 0.343 e. The topological polar surface area (TPSA) is 82.1 Å². The number of methoxy groups -OCH3 is 2. The molecule has 0 N–H and O–H groups in total. The zero-order valence-electron chi connectivity index (χ0n) is 13.9. The first kappa shape index (κ1) is 20.1. The maximum atomic E-state index is 12.2. The summed E-state index contributed by atoms with van der Waals surface area (Å²) < 4.78 is 15.9. The van der Waals surface area contributed by atoms with Crippen LogP contribution in [-0.2, 0) is 14.3 Å². The summed E-state index contributed by atoms with van der Waals surface area (Å²) in [4.78, 5) is 36.6.